The van der Waals surface area contributed by atoms with E-state index >= 15 is 0 Å². The van der Waals surface area contributed by atoms with Gasteiger partial charge in [-0.3, -0.25) is 0 Å². The molecule has 4 aromatic rings. The molecule has 0 atom stereocenters. The van der Waals surface area contributed by atoms with Crippen LogP contribution in [0.4, 0.5) is 0 Å². The zero-order valence-corrected chi connectivity index (χ0v) is 18.0. The molecule has 132 valence electrons. The summed E-state index contributed by atoms with van der Waals surface area (Å²) < 4.78 is 12.1. The Hall–Kier alpha value is -1.62. The summed E-state index contributed by atoms with van der Waals surface area (Å²) in [5.41, 5.74) is 2.29. The third-order valence-corrected chi connectivity index (χ3v) is 6.78. The van der Waals surface area contributed by atoms with Gasteiger partial charge in [0.05, 0.1) is 24.6 Å². The van der Waals surface area contributed by atoms with E-state index in [4.69, 9.17) is 9.37 Å². The van der Waals surface area contributed by atoms with E-state index in [9.17, 15) is 4.79 Å². The Labute approximate surface area is 172 Å². The lowest BCUT2D eigenvalue weighted by Crippen LogP contribution is -2.10. The van der Waals surface area contributed by atoms with Gasteiger partial charge in [-0.05, 0) is 73.4 Å². The number of hydrogen-bond acceptors (Lipinski definition) is 8. The number of halogens is 2. The predicted octanol–water partition coefficient (Wildman–Crippen LogP) is 5.78. The summed E-state index contributed by atoms with van der Waals surface area (Å²) >= 11 is 9.85. The van der Waals surface area contributed by atoms with E-state index < -0.39 is 5.97 Å². The number of hydrogen-bond donors (Lipinski definition) is 0. The third-order valence-electron chi connectivity index (χ3n) is 3.51. The minimum Gasteiger partial charge on any atom is -0.461 e. The SMILES string of the molecule is CCOC(=O)c1nc(-c2ccc(Br)s2)c2nonc2c1-c1ccc(Br)s1. The fourth-order valence-corrected chi connectivity index (χ4v) is 5.29. The topological polar surface area (TPSA) is 78.1 Å². The highest BCUT2D eigenvalue weighted by Crippen LogP contribution is 2.41. The molecule has 0 unspecified atom stereocenters. The molecule has 6 nitrogen and oxygen atoms in total. The second kappa shape index (κ2) is 7.18. The van der Waals surface area contributed by atoms with Gasteiger partial charge in [0.15, 0.2) is 11.2 Å². The average molecular weight is 515 g/mol. The van der Waals surface area contributed by atoms with Gasteiger partial charge in [0, 0.05) is 4.88 Å². The maximum Gasteiger partial charge on any atom is 0.357 e. The van der Waals surface area contributed by atoms with Crippen molar-refractivity contribution in [2.45, 2.75) is 6.92 Å². The number of esters is 1. The van der Waals surface area contributed by atoms with Crippen molar-refractivity contribution in [1.29, 1.82) is 0 Å². The van der Waals surface area contributed by atoms with E-state index in [1.54, 1.807) is 6.92 Å². The van der Waals surface area contributed by atoms with Crippen LogP contribution in [0.5, 0.6) is 0 Å². The predicted molar refractivity (Wildman–Crippen MR) is 108 cm³/mol. The number of pyridine rings is 1. The summed E-state index contributed by atoms with van der Waals surface area (Å²) in [5.74, 6) is -0.506. The lowest BCUT2D eigenvalue weighted by molar-refractivity contribution is 0.0521. The fourth-order valence-electron chi connectivity index (χ4n) is 2.48. The summed E-state index contributed by atoms with van der Waals surface area (Å²) in [7, 11) is 0. The van der Waals surface area contributed by atoms with E-state index in [1.165, 1.54) is 22.7 Å². The normalized spacial score (nSPS) is 11.2. The molecule has 0 spiro atoms. The lowest BCUT2D eigenvalue weighted by Gasteiger charge is -2.09. The van der Waals surface area contributed by atoms with Crippen molar-refractivity contribution < 1.29 is 14.2 Å². The van der Waals surface area contributed by atoms with Crippen LogP contribution in [0.2, 0.25) is 0 Å². The van der Waals surface area contributed by atoms with Gasteiger partial charge in [-0.15, -0.1) is 22.7 Å². The molecule has 0 N–H and O–H groups in total. The zero-order chi connectivity index (χ0) is 18.3. The molecule has 0 bridgehead atoms. The number of aromatic nitrogens is 3. The zero-order valence-electron chi connectivity index (χ0n) is 13.2. The van der Waals surface area contributed by atoms with Gasteiger partial charge in [0.1, 0.15) is 11.2 Å². The first-order valence-electron chi connectivity index (χ1n) is 7.43. The van der Waals surface area contributed by atoms with E-state index in [1.807, 2.05) is 24.3 Å². The number of ether oxygens (including phenoxy) is 1. The van der Waals surface area contributed by atoms with Gasteiger partial charge >= 0.3 is 5.97 Å². The molecule has 0 fully saturated rings. The van der Waals surface area contributed by atoms with Crippen molar-refractivity contribution >= 4 is 71.5 Å². The lowest BCUT2D eigenvalue weighted by atomic mass is 10.1. The van der Waals surface area contributed by atoms with Crippen LogP contribution in [0, 0.1) is 0 Å². The van der Waals surface area contributed by atoms with Crippen LogP contribution in [0.25, 0.3) is 32.0 Å². The first-order valence-corrected chi connectivity index (χ1v) is 10.6. The molecular formula is C16H9Br2N3O3S2. The molecule has 4 aromatic heterocycles. The standard InChI is InChI=1S/C16H9Br2N3O3S2/c1-2-23-16(22)14-11(7-3-5-9(17)25-7)13-15(21-24-20-13)12(19-14)8-4-6-10(18)26-8/h3-6H,2H2,1H3. The van der Waals surface area contributed by atoms with E-state index in [0.717, 1.165) is 17.3 Å². The molecule has 0 saturated carbocycles. The Morgan fingerprint density at radius 1 is 1.08 bits per heavy atom. The molecule has 0 aliphatic rings. The maximum atomic E-state index is 12.6. The molecule has 0 aromatic carbocycles. The van der Waals surface area contributed by atoms with Crippen LogP contribution in [0.3, 0.4) is 0 Å². The third kappa shape index (κ3) is 3.11. The molecular weight excluding hydrogens is 506 g/mol. The number of carbonyl (C=O) groups is 1. The van der Waals surface area contributed by atoms with Gasteiger partial charge in [0.25, 0.3) is 0 Å². The summed E-state index contributed by atoms with van der Waals surface area (Å²) in [6.45, 7) is 2.01. The van der Waals surface area contributed by atoms with Crippen LogP contribution < -0.4 is 0 Å². The van der Waals surface area contributed by atoms with Crippen molar-refractivity contribution in [1.82, 2.24) is 15.3 Å². The maximum absolute atomic E-state index is 12.6. The van der Waals surface area contributed by atoms with Crippen molar-refractivity contribution in [3.05, 3.63) is 37.5 Å². The second-order valence-electron chi connectivity index (χ2n) is 5.07. The first kappa shape index (κ1) is 17.8. The van der Waals surface area contributed by atoms with Crippen molar-refractivity contribution in [2.24, 2.45) is 0 Å². The van der Waals surface area contributed by atoms with Crippen molar-refractivity contribution in [3.8, 4) is 21.0 Å². The number of rotatable bonds is 4. The molecule has 0 amide bonds. The summed E-state index contributed by atoms with van der Waals surface area (Å²) in [4.78, 5) is 18.9. The minimum absolute atomic E-state index is 0.198. The van der Waals surface area contributed by atoms with Gasteiger partial charge in [-0.1, -0.05) is 0 Å². The van der Waals surface area contributed by atoms with Crippen LogP contribution in [-0.4, -0.2) is 27.9 Å². The number of carbonyl (C=O) groups excluding carboxylic acids is 1. The smallest absolute Gasteiger partial charge is 0.357 e. The van der Waals surface area contributed by atoms with Crippen molar-refractivity contribution in [3.63, 3.8) is 0 Å². The molecule has 0 radical (unpaired) electrons. The van der Waals surface area contributed by atoms with Crippen LogP contribution in [0.15, 0.2) is 36.5 Å². The molecule has 26 heavy (non-hydrogen) atoms. The molecule has 10 heteroatoms. The number of fused-ring (bicyclic) bond motifs is 1. The Kier molecular flexibility index (Phi) is 4.91. The molecule has 0 aliphatic carbocycles. The Bertz CT molecular complexity index is 1120. The van der Waals surface area contributed by atoms with Gasteiger partial charge < -0.3 is 4.74 Å². The first-order chi connectivity index (χ1) is 12.6. The summed E-state index contributed by atoms with van der Waals surface area (Å²) in [6, 6.07) is 7.61. The quantitative estimate of drug-likeness (QED) is 0.321. The van der Waals surface area contributed by atoms with E-state index in [2.05, 4.69) is 47.2 Å². The Balaban J connectivity index is 2.04. The largest absolute Gasteiger partial charge is 0.461 e. The minimum atomic E-state index is -0.506. The van der Waals surface area contributed by atoms with Gasteiger partial charge in [-0.2, -0.15) is 0 Å². The monoisotopic (exact) mass is 513 g/mol. The molecule has 4 heterocycles. The highest BCUT2D eigenvalue weighted by atomic mass is 79.9. The highest BCUT2D eigenvalue weighted by molar-refractivity contribution is 9.11. The molecule has 0 aliphatic heterocycles. The average Bonchev–Trinajstić information content (AvgIpc) is 3.34. The van der Waals surface area contributed by atoms with E-state index in [0.29, 0.717) is 22.3 Å². The number of thiophene rings is 2. The fraction of sp³-hybridized carbons (Fsp3) is 0.125. The Morgan fingerprint density at radius 2 is 1.73 bits per heavy atom. The van der Waals surface area contributed by atoms with Crippen molar-refractivity contribution in [2.75, 3.05) is 6.61 Å². The van der Waals surface area contributed by atoms with E-state index in [-0.39, 0.29) is 12.3 Å². The second-order valence-corrected chi connectivity index (χ2v) is 10.00. The highest BCUT2D eigenvalue weighted by Gasteiger charge is 2.27. The molecule has 0 saturated heterocycles. The summed E-state index contributed by atoms with van der Waals surface area (Å²) in [6.07, 6.45) is 0. The molecule has 4 rings (SSSR count). The van der Waals surface area contributed by atoms with Crippen LogP contribution in [0.1, 0.15) is 17.4 Å². The van der Waals surface area contributed by atoms with Gasteiger partial charge in [-0.25, -0.2) is 14.4 Å². The van der Waals surface area contributed by atoms with Crippen LogP contribution >= 0.6 is 54.5 Å². The van der Waals surface area contributed by atoms with Gasteiger partial charge in [0.2, 0.25) is 0 Å². The summed E-state index contributed by atoms with van der Waals surface area (Å²) in [5, 5.41) is 8.08. The Morgan fingerprint density at radius 3 is 2.35 bits per heavy atom. The van der Waals surface area contributed by atoms with Crippen LogP contribution in [-0.2, 0) is 4.74 Å². The number of nitrogens with zero attached hydrogens (tertiary/aromatic N) is 3.